The molecule has 2 saturated heterocycles. The molecule has 4 rings (SSSR count). The van der Waals surface area contributed by atoms with E-state index in [2.05, 4.69) is 51.2 Å². The number of nitrogens with zero attached hydrogens (tertiary/aromatic N) is 3. The molecule has 0 spiro atoms. The SMILES string of the molecule is Cc1nc(N)nc(C)c1CC(=O)N1CCCC(C2NNCC2c2ccccc2)C1. The normalized spacial score (nSPS) is 24.6. The maximum absolute atomic E-state index is 13.1. The van der Waals surface area contributed by atoms with Crippen LogP contribution in [-0.2, 0) is 11.2 Å². The first kappa shape index (κ1) is 19.8. The van der Waals surface area contributed by atoms with Crippen molar-refractivity contribution < 1.29 is 4.79 Å². The van der Waals surface area contributed by atoms with Crippen molar-refractivity contribution in [3.8, 4) is 0 Å². The fourth-order valence-electron chi connectivity index (χ4n) is 4.80. The van der Waals surface area contributed by atoms with Gasteiger partial charge in [0.05, 0.1) is 6.42 Å². The molecule has 3 atom stereocenters. The molecular formula is C22H30N6O. The van der Waals surface area contributed by atoms with E-state index in [0.717, 1.165) is 49.4 Å². The molecule has 0 radical (unpaired) electrons. The number of carbonyl (C=O) groups is 1. The zero-order valence-electron chi connectivity index (χ0n) is 17.2. The predicted octanol–water partition coefficient (Wildman–Crippen LogP) is 1.72. The summed E-state index contributed by atoms with van der Waals surface area (Å²) in [6, 6.07) is 11.0. The van der Waals surface area contributed by atoms with Crippen LogP contribution in [0.5, 0.6) is 0 Å². The van der Waals surface area contributed by atoms with Gasteiger partial charge in [-0.1, -0.05) is 30.3 Å². The first-order chi connectivity index (χ1) is 14.0. The van der Waals surface area contributed by atoms with Crippen molar-refractivity contribution in [2.45, 2.75) is 45.1 Å². The summed E-state index contributed by atoms with van der Waals surface area (Å²) in [5.74, 6) is 1.27. The molecule has 7 nitrogen and oxygen atoms in total. The Hall–Kier alpha value is -2.51. The molecule has 1 amide bonds. The number of anilines is 1. The van der Waals surface area contributed by atoms with E-state index in [9.17, 15) is 4.79 Å². The number of hydrogen-bond donors (Lipinski definition) is 3. The molecule has 1 aromatic heterocycles. The number of carbonyl (C=O) groups excluding carboxylic acids is 1. The van der Waals surface area contributed by atoms with Crippen LogP contribution in [0.1, 0.15) is 41.3 Å². The fraction of sp³-hybridized carbons (Fsp3) is 0.500. The summed E-state index contributed by atoms with van der Waals surface area (Å²) >= 11 is 0. The Morgan fingerprint density at radius 1 is 1.21 bits per heavy atom. The van der Waals surface area contributed by atoms with Gasteiger partial charge in [-0.15, -0.1) is 0 Å². The van der Waals surface area contributed by atoms with E-state index in [4.69, 9.17) is 5.73 Å². The number of nitrogens with one attached hydrogen (secondary N) is 2. The fourth-order valence-corrected chi connectivity index (χ4v) is 4.80. The van der Waals surface area contributed by atoms with Crippen LogP contribution in [0.25, 0.3) is 0 Å². The molecule has 1 aromatic carbocycles. The average Bonchev–Trinajstić information content (AvgIpc) is 3.21. The molecule has 2 aliphatic rings. The first-order valence-corrected chi connectivity index (χ1v) is 10.4. The second-order valence-electron chi connectivity index (χ2n) is 8.22. The molecule has 2 aliphatic heterocycles. The largest absolute Gasteiger partial charge is 0.368 e. The van der Waals surface area contributed by atoms with Gasteiger partial charge in [0.25, 0.3) is 0 Å². The number of benzene rings is 1. The minimum absolute atomic E-state index is 0.150. The lowest BCUT2D eigenvalue weighted by Gasteiger charge is -2.37. The van der Waals surface area contributed by atoms with Crippen LogP contribution in [0.15, 0.2) is 30.3 Å². The summed E-state index contributed by atoms with van der Waals surface area (Å²) in [6.45, 7) is 6.31. The monoisotopic (exact) mass is 394 g/mol. The molecule has 2 fully saturated rings. The molecule has 0 saturated carbocycles. The van der Waals surface area contributed by atoms with Gasteiger partial charge in [-0.05, 0) is 38.2 Å². The van der Waals surface area contributed by atoms with Gasteiger partial charge in [0.15, 0.2) is 0 Å². The van der Waals surface area contributed by atoms with Crippen molar-refractivity contribution in [1.29, 1.82) is 0 Å². The third kappa shape index (κ3) is 4.26. The van der Waals surface area contributed by atoms with Crippen molar-refractivity contribution in [2.75, 3.05) is 25.4 Å². The van der Waals surface area contributed by atoms with Crippen LogP contribution in [-0.4, -0.2) is 46.5 Å². The third-order valence-electron chi connectivity index (χ3n) is 6.34. The summed E-state index contributed by atoms with van der Waals surface area (Å²) in [5, 5.41) is 0. The number of aromatic nitrogens is 2. The lowest BCUT2D eigenvalue weighted by atomic mass is 9.81. The number of aryl methyl sites for hydroxylation is 2. The average molecular weight is 395 g/mol. The van der Waals surface area contributed by atoms with E-state index in [1.54, 1.807) is 0 Å². The van der Waals surface area contributed by atoms with E-state index in [0.29, 0.717) is 24.3 Å². The molecule has 3 unspecified atom stereocenters. The van der Waals surface area contributed by atoms with E-state index >= 15 is 0 Å². The molecule has 29 heavy (non-hydrogen) atoms. The lowest BCUT2D eigenvalue weighted by Crippen LogP contribution is -2.48. The lowest BCUT2D eigenvalue weighted by molar-refractivity contribution is -0.132. The number of nitrogens with two attached hydrogens (primary N) is 1. The van der Waals surface area contributed by atoms with E-state index < -0.39 is 0 Å². The molecule has 0 bridgehead atoms. The van der Waals surface area contributed by atoms with Gasteiger partial charge in [0.1, 0.15) is 0 Å². The second kappa shape index (κ2) is 8.47. The number of likely N-dealkylation sites (tertiary alicyclic amines) is 1. The Kier molecular flexibility index (Phi) is 5.78. The van der Waals surface area contributed by atoms with Crippen molar-refractivity contribution in [3.05, 3.63) is 52.8 Å². The summed E-state index contributed by atoms with van der Waals surface area (Å²) in [6.07, 6.45) is 2.50. The van der Waals surface area contributed by atoms with Crippen LogP contribution in [0.4, 0.5) is 5.95 Å². The zero-order chi connectivity index (χ0) is 20.4. The van der Waals surface area contributed by atoms with Crippen LogP contribution in [0.2, 0.25) is 0 Å². The second-order valence-corrected chi connectivity index (χ2v) is 8.22. The van der Waals surface area contributed by atoms with Gasteiger partial charge in [-0.3, -0.25) is 15.6 Å². The van der Waals surface area contributed by atoms with Crippen molar-refractivity contribution in [3.63, 3.8) is 0 Å². The number of amides is 1. The first-order valence-electron chi connectivity index (χ1n) is 10.4. The topological polar surface area (TPSA) is 96.2 Å². The van der Waals surface area contributed by atoms with E-state index in [1.807, 2.05) is 18.7 Å². The summed E-state index contributed by atoms with van der Waals surface area (Å²) in [4.78, 5) is 23.6. The smallest absolute Gasteiger partial charge is 0.227 e. The van der Waals surface area contributed by atoms with Crippen molar-refractivity contribution in [2.24, 2.45) is 5.92 Å². The molecule has 2 aromatic rings. The van der Waals surface area contributed by atoms with Crippen molar-refractivity contribution >= 4 is 11.9 Å². The van der Waals surface area contributed by atoms with Gasteiger partial charge in [-0.2, -0.15) is 0 Å². The minimum Gasteiger partial charge on any atom is -0.368 e. The molecule has 7 heteroatoms. The maximum Gasteiger partial charge on any atom is 0.227 e. The molecule has 3 heterocycles. The molecular weight excluding hydrogens is 364 g/mol. The standard InChI is InChI=1S/C22H30N6O/c1-14-18(15(2)26-22(23)25-14)11-20(29)28-10-6-9-17(13-28)21-19(12-24-27-21)16-7-4-3-5-8-16/h3-5,7-8,17,19,21,24,27H,6,9-13H2,1-2H3,(H2,23,25,26). The quantitative estimate of drug-likeness (QED) is 0.731. The predicted molar refractivity (Wildman–Crippen MR) is 113 cm³/mol. The minimum atomic E-state index is 0.150. The number of hydrazine groups is 1. The number of piperidine rings is 1. The van der Waals surface area contributed by atoms with Gasteiger partial charge in [-0.25, -0.2) is 9.97 Å². The Labute approximate surface area is 172 Å². The van der Waals surface area contributed by atoms with Crippen LogP contribution in [0.3, 0.4) is 0 Å². The highest BCUT2D eigenvalue weighted by Gasteiger charge is 2.37. The summed E-state index contributed by atoms with van der Waals surface area (Å²) in [7, 11) is 0. The number of rotatable bonds is 4. The van der Waals surface area contributed by atoms with Gasteiger partial charge in [0, 0.05) is 48.5 Å². The molecule has 4 N–H and O–H groups in total. The van der Waals surface area contributed by atoms with Crippen LogP contribution < -0.4 is 16.6 Å². The molecule has 154 valence electrons. The van der Waals surface area contributed by atoms with Crippen LogP contribution in [0, 0.1) is 19.8 Å². The Balaban J connectivity index is 1.45. The highest BCUT2D eigenvalue weighted by molar-refractivity contribution is 5.79. The number of hydrogen-bond acceptors (Lipinski definition) is 6. The number of nitrogen functional groups attached to an aromatic ring is 1. The van der Waals surface area contributed by atoms with Gasteiger partial charge < -0.3 is 10.6 Å². The van der Waals surface area contributed by atoms with Crippen molar-refractivity contribution in [1.82, 2.24) is 25.7 Å². The highest BCUT2D eigenvalue weighted by Crippen LogP contribution is 2.31. The summed E-state index contributed by atoms with van der Waals surface area (Å²) < 4.78 is 0. The van der Waals surface area contributed by atoms with Gasteiger partial charge in [0.2, 0.25) is 11.9 Å². The van der Waals surface area contributed by atoms with E-state index in [-0.39, 0.29) is 11.9 Å². The molecule has 0 aliphatic carbocycles. The maximum atomic E-state index is 13.1. The van der Waals surface area contributed by atoms with Gasteiger partial charge >= 0.3 is 0 Å². The highest BCUT2D eigenvalue weighted by atomic mass is 16.2. The Bertz CT molecular complexity index is 848. The zero-order valence-corrected chi connectivity index (χ0v) is 17.2. The van der Waals surface area contributed by atoms with Crippen LogP contribution >= 0.6 is 0 Å². The third-order valence-corrected chi connectivity index (χ3v) is 6.34. The van der Waals surface area contributed by atoms with E-state index in [1.165, 1.54) is 5.56 Å². The summed E-state index contributed by atoms with van der Waals surface area (Å²) in [5.41, 5.74) is 16.4. The Morgan fingerprint density at radius 3 is 2.66 bits per heavy atom. The Morgan fingerprint density at radius 2 is 1.93 bits per heavy atom.